The number of hydrogen-bond acceptors (Lipinski definition) is 1. The third-order valence-electron chi connectivity index (χ3n) is 2.84. The van der Waals surface area contributed by atoms with Crippen molar-refractivity contribution in [2.75, 3.05) is 6.61 Å². The summed E-state index contributed by atoms with van der Waals surface area (Å²) in [6, 6.07) is 0. The molecule has 0 heterocycles. The Hall–Kier alpha value is -0.560. The highest BCUT2D eigenvalue weighted by Crippen LogP contribution is 2.04. The van der Waals surface area contributed by atoms with E-state index >= 15 is 0 Å². The highest BCUT2D eigenvalue weighted by molar-refractivity contribution is 4.87. The van der Waals surface area contributed by atoms with Crippen LogP contribution in [0.25, 0.3) is 0 Å². The van der Waals surface area contributed by atoms with Gasteiger partial charge < -0.3 is 5.11 Å². The normalized spacial score (nSPS) is 11.9. The molecule has 0 amide bonds. The van der Waals surface area contributed by atoms with Crippen molar-refractivity contribution in [2.45, 2.75) is 71.1 Å². The summed E-state index contributed by atoms with van der Waals surface area (Å²) in [6.45, 7) is 2.58. The molecule has 0 aromatic heterocycles. The maximum absolute atomic E-state index is 8.62. The molecule has 1 nitrogen and oxygen atoms in total. The fourth-order valence-corrected chi connectivity index (χ4v) is 1.71. The van der Waals surface area contributed by atoms with Gasteiger partial charge in [-0.1, -0.05) is 56.9 Å². The Morgan fingerprint density at radius 2 is 1.18 bits per heavy atom. The van der Waals surface area contributed by atoms with Gasteiger partial charge in [-0.05, 0) is 38.5 Å². The standard InChI is InChI=1S/C16H30O/c1-2-3-4-5-6-7-8-9-10-11-12-13-14-15-16-17/h5-6,9-10,17H,2-4,7-8,11-16H2,1H3/b6-5-,10-9+. The molecule has 0 atom stereocenters. The summed E-state index contributed by atoms with van der Waals surface area (Å²) in [4.78, 5) is 0. The molecule has 0 aliphatic rings. The van der Waals surface area contributed by atoms with E-state index in [1.807, 2.05) is 0 Å². The SMILES string of the molecule is CCCC/C=C\CC/C=C/CCCCCCO. The van der Waals surface area contributed by atoms with Gasteiger partial charge in [0.1, 0.15) is 0 Å². The van der Waals surface area contributed by atoms with Gasteiger partial charge >= 0.3 is 0 Å². The minimum atomic E-state index is 0.347. The van der Waals surface area contributed by atoms with Crippen molar-refractivity contribution in [1.82, 2.24) is 0 Å². The second-order valence-electron chi connectivity index (χ2n) is 4.59. The van der Waals surface area contributed by atoms with Crippen molar-refractivity contribution >= 4 is 0 Å². The maximum Gasteiger partial charge on any atom is 0.0431 e. The van der Waals surface area contributed by atoms with E-state index in [9.17, 15) is 0 Å². The molecule has 0 saturated carbocycles. The van der Waals surface area contributed by atoms with Gasteiger partial charge in [-0.25, -0.2) is 0 Å². The lowest BCUT2D eigenvalue weighted by Crippen LogP contribution is -1.82. The molecule has 17 heavy (non-hydrogen) atoms. The lowest BCUT2D eigenvalue weighted by Gasteiger charge is -1.95. The first-order chi connectivity index (χ1) is 8.41. The molecule has 100 valence electrons. The van der Waals surface area contributed by atoms with E-state index < -0.39 is 0 Å². The summed E-state index contributed by atoms with van der Waals surface area (Å²) in [5.74, 6) is 0. The number of rotatable bonds is 12. The third kappa shape index (κ3) is 15.4. The Labute approximate surface area is 108 Å². The predicted octanol–water partition coefficient (Wildman–Crippen LogP) is 5.01. The van der Waals surface area contributed by atoms with Crippen molar-refractivity contribution < 1.29 is 5.11 Å². The number of aliphatic hydroxyl groups is 1. The van der Waals surface area contributed by atoms with Gasteiger partial charge in [0, 0.05) is 6.61 Å². The monoisotopic (exact) mass is 238 g/mol. The van der Waals surface area contributed by atoms with Crippen molar-refractivity contribution in [3.05, 3.63) is 24.3 Å². The van der Waals surface area contributed by atoms with E-state index in [1.54, 1.807) is 0 Å². The van der Waals surface area contributed by atoms with Crippen molar-refractivity contribution in [1.29, 1.82) is 0 Å². The Balaban J connectivity index is 3.11. The first-order valence-electron chi connectivity index (χ1n) is 7.32. The van der Waals surface area contributed by atoms with Crippen LogP contribution in [0.1, 0.15) is 71.1 Å². The predicted molar refractivity (Wildman–Crippen MR) is 77.2 cm³/mol. The molecule has 0 aromatic carbocycles. The van der Waals surface area contributed by atoms with E-state index in [4.69, 9.17) is 5.11 Å². The summed E-state index contributed by atoms with van der Waals surface area (Å²) < 4.78 is 0. The van der Waals surface area contributed by atoms with Crippen LogP contribution in [0.15, 0.2) is 24.3 Å². The van der Waals surface area contributed by atoms with Gasteiger partial charge in [-0.2, -0.15) is 0 Å². The number of unbranched alkanes of at least 4 members (excludes halogenated alkanes) is 7. The molecule has 0 fully saturated rings. The van der Waals surface area contributed by atoms with Crippen LogP contribution in [0.5, 0.6) is 0 Å². The summed E-state index contributed by atoms with van der Waals surface area (Å²) in [5.41, 5.74) is 0. The van der Waals surface area contributed by atoms with Gasteiger partial charge in [0.05, 0.1) is 0 Å². The van der Waals surface area contributed by atoms with Crippen molar-refractivity contribution in [3.8, 4) is 0 Å². The molecule has 1 heteroatoms. The highest BCUT2D eigenvalue weighted by atomic mass is 16.2. The lowest BCUT2D eigenvalue weighted by atomic mass is 10.1. The van der Waals surface area contributed by atoms with E-state index in [-0.39, 0.29) is 0 Å². The number of aliphatic hydroxyl groups excluding tert-OH is 1. The van der Waals surface area contributed by atoms with Crippen LogP contribution in [0, 0.1) is 0 Å². The van der Waals surface area contributed by atoms with E-state index in [0.717, 1.165) is 6.42 Å². The summed E-state index contributed by atoms with van der Waals surface area (Å²) in [5, 5.41) is 8.62. The summed E-state index contributed by atoms with van der Waals surface area (Å²) in [6.07, 6.45) is 21.3. The lowest BCUT2D eigenvalue weighted by molar-refractivity contribution is 0.282. The zero-order valence-corrected chi connectivity index (χ0v) is 11.5. The second-order valence-corrected chi connectivity index (χ2v) is 4.59. The molecule has 0 aliphatic carbocycles. The minimum Gasteiger partial charge on any atom is -0.396 e. The molecule has 0 unspecified atom stereocenters. The van der Waals surface area contributed by atoms with Gasteiger partial charge in [-0.15, -0.1) is 0 Å². The fourth-order valence-electron chi connectivity index (χ4n) is 1.71. The largest absolute Gasteiger partial charge is 0.396 e. The van der Waals surface area contributed by atoms with Gasteiger partial charge in [0.15, 0.2) is 0 Å². The molecular weight excluding hydrogens is 208 g/mol. The van der Waals surface area contributed by atoms with Crippen molar-refractivity contribution in [3.63, 3.8) is 0 Å². The molecule has 0 radical (unpaired) electrons. The number of allylic oxidation sites excluding steroid dienone is 4. The maximum atomic E-state index is 8.62. The number of hydrogen-bond donors (Lipinski definition) is 1. The van der Waals surface area contributed by atoms with Gasteiger partial charge in [0.25, 0.3) is 0 Å². The summed E-state index contributed by atoms with van der Waals surface area (Å²) in [7, 11) is 0. The van der Waals surface area contributed by atoms with Crippen LogP contribution in [-0.4, -0.2) is 11.7 Å². The van der Waals surface area contributed by atoms with Crippen molar-refractivity contribution in [2.24, 2.45) is 0 Å². The molecule has 0 saturated heterocycles. The first-order valence-corrected chi connectivity index (χ1v) is 7.32. The first kappa shape index (κ1) is 16.4. The molecule has 0 rings (SSSR count). The van der Waals surface area contributed by atoms with Crippen LogP contribution in [0.4, 0.5) is 0 Å². The van der Waals surface area contributed by atoms with Gasteiger partial charge in [-0.3, -0.25) is 0 Å². The van der Waals surface area contributed by atoms with Crippen LogP contribution in [0.3, 0.4) is 0 Å². The molecule has 0 spiro atoms. The Kier molecular flexibility index (Phi) is 14.9. The second kappa shape index (κ2) is 15.4. The van der Waals surface area contributed by atoms with E-state index in [2.05, 4.69) is 31.2 Å². The minimum absolute atomic E-state index is 0.347. The van der Waals surface area contributed by atoms with Crippen LogP contribution >= 0.6 is 0 Å². The van der Waals surface area contributed by atoms with Crippen LogP contribution < -0.4 is 0 Å². The Morgan fingerprint density at radius 1 is 0.647 bits per heavy atom. The van der Waals surface area contributed by atoms with Crippen LogP contribution in [0.2, 0.25) is 0 Å². The molecule has 0 aromatic rings. The summed E-state index contributed by atoms with van der Waals surface area (Å²) >= 11 is 0. The quantitative estimate of drug-likeness (QED) is 0.374. The van der Waals surface area contributed by atoms with E-state index in [0.29, 0.717) is 6.61 Å². The molecular formula is C16H30O. The zero-order chi connectivity index (χ0) is 12.6. The zero-order valence-electron chi connectivity index (χ0n) is 11.5. The molecule has 0 bridgehead atoms. The van der Waals surface area contributed by atoms with Gasteiger partial charge in [0.2, 0.25) is 0 Å². The smallest absolute Gasteiger partial charge is 0.0431 e. The molecule has 1 N–H and O–H groups in total. The van der Waals surface area contributed by atoms with Crippen LogP contribution in [-0.2, 0) is 0 Å². The van der Waals surface area contributed by atoms with E-state index in [1.165, 1.54) is 57.8 Å². The Morgan fingerprint density at radius 3 is 1.76 bits per heavy atom. The molecule has 0 aliphatic heterocycles. The highest BCUT2D eigenvalue weighted by Gasteiger charge is 1.86. The third-order valence-corrected chi connectivity index (χ3v) is 2.84. The average Bonchev–Trinajstić information content (AvgIpc) is 2.35. The Bertz CT molecular complexity index is 182. The fraction of sp³-hybridized carbons (Fsp3) is 0.750. The topological polar surface area (TPSA) is 20.2 Å². The average molecular weight is 238 g/mol.